The molecule has 0 aliphatic carbocycles. The van der Waals surface area contributed by atoms with E-state index in [0.29, 0.717) is 29.9 Å². The van der Waals surface area contributed by atoms with Crippen LogP contribution in [0, 0.1) is 5.82 Å². The lowest BCUT2D eigenvalue weighted by molar-refractivity contribution is -0.141. The number of nitrogens with one attached hydrogen (secondary N) is 1. The van der Waals surface area contributed by atoms with E-state index in [-0.39, 0.29) is 30.8 Å². The second-order valence-corrected chi connectivity index (χ2v) is 9.17. The molecule has 0 radical (unpaired) electrons. The van der Waals surface area contributed by atoms with E-state index in [9.17, 15) is 14.0 Å². The minimum atomic E-state index is -0.803. The monoisotopic (exact) mass is 506 g/mol. The van der Waals surface area contributed by atoms with Crippen LogP contribution in [0.4, 0.5) is 4.39 Å². The van der Waals surface area contributed by atoms with E-state index in [1.807, 2.05) is 56.3 Å². The number of hydrogen-bond donors (Lipinski definition) is 1. The molecule has 0 aromatic heterocycles. The Morgan fingerprint density at radius 2 is 1.57 bits per heavy atom. The van der Waals surface area contributed by atoms with Crippen LogP contribution in [0.3, 0.4) is 0 Å². The summed E-state index contributed by atoms with van der Waals surface area (Å²) in [5, 5.41) is 2.94. The minimum absolute atomic E-state index is 0.0134. The van der Waals surface area contributed by atoms with Crippen molar-refractivity contribution in [1.82, 2.24) is 10.2 Å². The fraction of sp³-hybridized carbons (Fsp3) is 0.333. The largest absolute Gasteiger partial charge is 0.493 e. The Labute approximate surface area is 218 Å². The molecule has 3 rings (SSSR count). The van der Waals surface area contributed by atoms with Crippen molar-refractivity contribution in [3.8, 4) is 11.5 Å². The van der Waals surface area contributed by atoms with Gasteiger partial charge in [-0.2, -0.15) is 0 Å². The molecular formula is C30H35FN2O4. The molecule has 0 saturated carbocycles. The normalized spacial score (nSPS) is 11.6. The molecule has 0 spiro atoms. The first kappa shape index (κ1) is 27.7. The second kappa shape index (κ2) is 13.4. The first-order valence-electron chi connectivity index (χ1n) is 12.4. The van der Waals surface area contributed by atoms with E-state index in [4.69, 9.17) is 9.47 Å². The van der Waals surface area contributed by atoms with E-state index < -0.39 is 11.9 Å². The van der Waals surface area contributed by atoms with Crippen LogP contribution >= 0.6 is 0 Å². The first-order valence-corrected chi connectivity index (χ1v) is 12.4. The van der Waals surface area contributed by atoms with Crippen LogP contribution in [0.1, 0.15) is 37.0 Å². The lowest BCUT2D eigenvalue weighted by Gasteiger charge is -2.32. The molecule has 2 amide bonds. The van der Waals surface area contributed by atoms with Crippen molar-refractivity contribution in [1.29, 1.82) is 0 Å². The summed E-state index contributed by atoms with van der Waals surface area (Å²) in [6.45, 7) is 3.73. The number of carbonyl (C=O) groups is 2. The molecule has 6 nitrogen and oxygen atoms in total. The Morgan fingerprint density at radius 3 is 2.22 bits per heavy atom. The fourth-order valence-electron chi connectivity index (χ4n) is 4.18. The van der Waals surface area contributed by atoms with Gasteiger partial charge in [0.2, 0.25) is 11.8 Å². The molecule has 196 valence electrons. The van der Waals surface area contributed by atoms with E-state index in [0.717, 1.165) is 11.1 Å². The van der Waals surface area contributed by atoms with E-state index in [1.54, 1.807) is 38.5 Å². The number of rotatable bonds is 12. The van der Waals surface area contributed by atoms with E-state index >= 15 is 0 Å². The van der Waals surface area contributed by atoms with Crippen molar-refractivity contribution in [2.24, 2.45) is 0 Å². The molecule has 3 aromatic carbocycles. The molecule has 1 unspecified atom stereocenters. The quantitative estimate of drug-likeness (QED) is 0.378. The van der Waals surface area contributed by atoms with Gasteiger partial charge in [0.05, 0.1) is 14.2 Å². The summed E-state index contributed by atoms with van der Waals surface area (Å²) in [6.07, 6.45) is 0.886. The SMILES string of the molecule is COc1ccc(CCC(=O)N(Cc2ccccc2F)C(Cc2ccccc2)C(=O)NC(C)C)cc1OC. The molecule has 0 saturated heterocycles. The van der Waals surface area contributed by atoms with Gasteiger partial charge >= 0.3 is 0 Å². The van der Waals surface area contributed by atoms with E-state index in [2.05, 4.69) is 5.32 Å². The van der Waals surface area contributed by atoms with Gasteiger partial charge in [-0.3, -0.25) is 9.59 Å². The molecule has 37 heavy (non-hydrogen) atoms. The highest BCUT2D eigenvalue weighted by Gasteiger charge is 2.31. The highest BCUT2D eigenvalue weighted by Crippen LogP contribution is 2.28. The van der Waals surface area contributed by atoms with Crippen LogP contribution in [0.2, 0.25) is 0 Å². The maximum atomic E-state index is 14.7. The molecule has 7 heteroatoms. The van der Waals surface area contributed by atoms with E-state index in [1.165, 1.54) is 11.0 Å². The van der Waals surface area contributed by atoms with Crippen LogP contribution in [-0.2, 0) is 29.0 Å². The number of amides is 2. The van der Waals surface area contributed by atoms with Crippen molar-refractivity contribution in [2.75, 3.05) is 14.2 Å². The van der Waals surface area contributed by atoms with Gasteiger partial charge in [-0.25, -0.2) is 4.39 Å². The van der Waals surface area contributed by atoms with Gasteiger partial charge in [-0.15, -0.1) is 0 Å². The van der Waals surface area contributed by atoms with Gasteiger partial charge in [-0.1, -0.05) is 54.6 Å². The Hall–Kier alpha value is -3.87. The Balaban J connectivity index is 1.91. The molecule has 0 bridgehead atoms. The summed E-state index contributed by atoms with van der Waals surface area (Å²) in [4.78, 5) is 28.6. The number of ether oxygens (including phenoxy) is 2. The highest BCUT2D eigenvalue weighted by molar-refractivity contribution is 5.88. The zero-order valence-corrected chi connectivity index (χ0v) is 21.9. The molecule has 1 atom stereocenters. The zero-order chi connectivity index (χ0) is 26.8. The van der Waals surface area contributed by atoms with Crippen LogP contribution in [0.15, 0.2) is 72.8 Å². The Bertz CT molecular complexity index is 1180. The average Bonchev–Trinajstić information content (AvgIpc) is 2.90. The fourth-order valence-corrected chi connectivity index (χ4v) is 4.18. The van der Waals surface area contributed by atoms with Crippen molar-refractivity contribution in [3.05, 3.63) is 95.3 Å². The van der Waals surface area contributed by atoms with Crippen molar-refractivity contribution < 1.29 is 23.5 Å². The third-order valence-electron chi connectivity index (χ3n) is 6.08. The lowest BCUT2D eigenvalue weighted by atomic mass is 10.0. The van der Waals surface area contributed by atoms with Crippen LogP contribution < -0.4 is 14.8 Å². The lowest BCUT2D eigenvalue weighted by Crippen LogP contribution is -2.52. The van der Waals surface area contributed by atoms with Crippen LogP contribution in [-0.4, -0.2) is 43.0 Å². The molecule has 1 N–H and O–H groups in total. The summed E-state index contributed by atoms with van der Waals surface area (Å²) in [5.41, 5.74) is 2.16. The standard InChI is InChI=1S/C30H35FN2O4/c1-21(2)32-30(35)26(18-22-10-6-5-7-11-22)33(20-24-12-8-9-13-25(24)31)29(34)17-15-23-14-16-27(36-3)28(19-23)37-4/h5-14,16,19,21,26H,15,17-18,20H2,1-4H3,(H,32,35). The van der Waals surface area contributed by atoms with Crippen molar-refractivity contribution in [2.45, 2.75) is 51.7 Å². The van der Waals surface area contributed by atoms with Gasteiger partial charge in [0.25, 0.3) is 0 Å². The predicted molar refractivity (Wildman–Crippen MR) is 142 cm³/mol. The Morgan fingerprint density at radius 1 is 0.892 bits per heavy atom. The molecule has 0 aliphatic heterocycles. The van der Waals surface area contributed by atoms with Crippen LogP contribution in [0.5, 0.6) is 11.5 Å². The summed E-state index contributed by atoms with van der Waals surface area (Å²) in [7, 11) is 3.13. The number of aryl methyl sites for hydroxylation is 1. The molecule has 0 heterocycles. The highest BCUT2D eigenvalue weighted by atomic mass is 19.1. The topological polar surface area (TPSA) is 67.9 Å². The van der Waals surface area contributed by atoms with Gasteiger partial charge in [0.15, 0.2) is 11.5 Å². The third kappa shape index (κ3) is 7.81. The maximum absolute atomic E-state index is 14.7. The summed E-state index contributed by atoms with van der Waals surface area (Å²) >= 11 is 0. The summed E-state index contributed by atoms with van der Waals surface area (Å²) in [6, 6.07) is 20.5. The first-order chi connectivity index (χ1) is 17.8. The van der Waals surface area contributed by atoms with Crippen molar-refractivity contribution >= 4 is 11.8 Å². The number of carbonyl (C=O) groups excluding carboxylic acids is 2. The summed E-state index contributed by atoms with van der Waals surface area (Å²) in [5.74, 6) is 0.261. The van der Waals surface area contributed by atoms with Crippen molar-refractivity contribution in [3.63, 3.8) is 0 Å². The number of benzene rings is 3. The van der Waals surface area contributed by atoms with Gasteiger partial charge in [0.1, 0.15) is 11.9 Å². The van der Waals surface area contributed by atoms with Gasteiger partial charge in [-0.05, 0) is 49.6 Å². The van der Waals surface area contributed by atoms with Gasteiger partial charge < -0.3 is 19.7 Å². The number of nitrogens with zero attached hydrogens (tertiary/aromatic N) is 1. The van der Waals surface area contributed by atoms with Gasteiger partial charge in [0, 0.05) is 31.0 Å². The molecule has 3 aromatic rings. The number of methoxy groups -OCH3 is 2. The third-order valence-corrected chi connectivity index (χ3v) is 6.08. The zero-order valence-electron chi connectivity index (χ0n) is 21.9. The van der Waals surface area contributed by atoms with Crippen LogP contribution in [0.25, 0.3) is 0 Å². The predicted octanol–water partition coefficient (Wildman–Crippen LogP) is 4.94. The minimum Gasteiger partial charge on any atom is -0.493 e. The molecular weight excluding hydrogens is 471 g/mol. The molecule has 0 aliphatic rings. The Kier molecular flexibility index (Phi) is 10.1. The number of halogens is 1. The smallest absolute Gasteiger partial charge is 0.243 e. The second-order valence-electron chi connectivity index (χ2n) is 9.17. The molecule has 0 fully saturated rings. The summed E-state index contributed by atoms with van der Waals surface area (Å²) < 4.78 is 25.3. The number of hydrogen-bond acceptors (Lipinski definition) is 4. The maximum Gasteiger partial charge on any atom is 0.243 e. The average molecular weight is 507 g/mol.